The Bertz CT molecular complexity index is 665. The molecule has 0 radical (unpaired) electrons. The van der Waals surface area contributed by atoms with Gasteiger partial charge in [-0.3, -0.25) is 9.89 Å². The third-order valence-electron chi connectivity index (χ3n) is 3.68. The molecule has 1 aliphatic heterocycles. The van der Waals surface area contributed by atoms with Crippen molar-refractivity contribution in [2.24, 2.45) is 0 Å². The van der Waals surface area contributed by atoms with Gasteiger partial charge in [0.15, 0.2) is 5.82 Å². The number of anilines is 1. The van der Waals surface area contributed by atoms with Gasteiger partial charge in [0.25, 0.3) is 0 Å². The van der Waals surface area contributed by atoms with Crippen LogP contribution in [-0.4, -0.2) is 21.4 Å². The number of amides is 1. The van der Waals surface area contributed by atoms with E-state index in [1.54, 1.807) is 11.8 Å². The fraction of sp³-hybridized carbons (Fsp3) is 0.333. The Kier molecular flexibility index (Phi) is 3.30. The lowest BCUT2D eigenvalue weighted by Crippen LogP contribution is -2.21. The van der Waals surface area contributed by atoms with Crippen molar-refractivity contribution >= 4 is 23.5 Å². The Labute approximate surface area is 122 Å². The number of aryl methyl sites for hydroxylation is 2. The lowest BCUT2D eigenvalue weighted by Gasteiger charge is -2.19. The molecule has 5 heteroatoms. The van der Waals surface area contributed by atoms with Crippen LogP contribution in [0.25, 0.3) is 0 Å². The minimum Gasteiger partial charge on any atom is -0.308 e. The largest absolute Gasteiger partial charge is 0.308 e. The van der Waals surface area contributed by atoms with E-state index < -0.39 is 0 Å². The van der Waals surface area contributed by atoms with E-state index in [0.29, 0.717) is 5.82 Å². The quantitative estimate of drug-likeness (QED) is 0.847. The highest BCUT2D eigenvalue weighted by atomic mass is 32.2. The third kappa shape index (κ3) is 2.12. The molecule has 4 nitrogen and oxygen atoms in total. The van der Waals surface area contributed by atoms with Crippen LogP contribution >= 0.6 is 11.8 Å². The van der Waals surface area contributed by atoms with E-state index in [2.05, 4.69) is 34.6 Å². The van der Waals surface area contributed by atoms with Gasteiger partial charge in [0.1, 0.15) is 0 Å². The Morgan fingerprint density at radius 3 is 2.75 bits per heavy atom. The van der Waals surface area contributed by atoms with Crippen LogP contribution < -0.4 is 5.32 Å². The number of benzene rings is 1. The number of nitrogens with zero attached hydrogens (tertiary/aromatic N) is 1. The van der Waals surface area contributed by atoms with Gasteiger partial charge in [0.2, 0.25) is 5.91 Å². The number of aromatic nitrogens is 2. The molecule has 2 aromatic rings. The van der Waals surface area contributed by atoms with Gasteiger partial charge in [-0.05, 0) is 31.9 Å². The summed E-state index contributed by atoms with van der Waals surface area (Å²) in [6.45, 7) is 6.05. The number of carbonyl (C=O) groups excluding carboxylic acids is 1. The Balaban J connectivity index is 2.16. The van der Waals surface area contributed by atoms with Crippen molar-refractivity contribution in [1.82, 2.24) is 10.2 Å². The summed E-state index contributed by atoms with van der Waals surface area (Å²) in [4.78, 5) is 12.1. The zero-order valence-corrected chi connectivity index (χ0v) is 12.5. The van der Waals surface area contributed by atoms with Gasteiger partial charge in [-0.25, -0.2) is 0 Å². The van der Waals surface area contributed by atoms with Crippen LogP contribution in [0.2, 0.25) is 0 Å². The molecular formula is C15H17N3OS. The van der Waals surface area contributed by atoms with Crippen LogP contribution in [0.15, 0.2) is 24.3 Å². The molecule has 1 aromatic carbocycles. The van der Waals surface area contributed by atoms with Crippen molar-refractivity contribution in [3.8, 4) is 0 Å². The van der Waals surface area contributed by atoms with Gasteiger partial charge >= 0.3 is 0 Å². The Morgan fingerprint density at radius 1 is 1.25 bits per heavy atom. The van der Waals surface area contributed by atoms with E-state index in [1.807, 2.05) is 26.0 Å². The van der Waals surface area contributed by atoms with Crippen molar-refractivity contribution < 1.29 is 4.79 Å². The normalized spacial score (nSPS) is 22.1. The molecule has 1 amide bonds. The third-order valence-corrected chi connectivity index (χ3v) is 5.06. The highest BCUT2D eigenvalue weighted by molar-refractivity contribution is 8.01. The monoisotopic (exact) mass is 287 g/mol. The second kappa shape index (κ2) is 4.98. The number of hydrogen-bond acceptors (Lipinski definition) is 3. The number of fused-ring (bicyclic) bond motifs is 1. The first-order valence-electron chi connectivity index (χ1n) is 6.64. The van der Waals surface area contributed by atoms with E-state index >= 15 is 0 Å². The highest BCUT2D eigenvalue weighted by Gasteiger charge is 2.32. The minimum atomic E-state index is -0.104. The van der Waals surface area contributed by atoms with Crippen LogP contribution in [0.4, 0.5) is 5.82 Å². The second-order valence-corrected chi connectivity index (χ2v) is 6.57. The van der Waals surface area contributed by atoms with Crippen molar-refractivity contribution in [3.05, 3.63) is 46.6 Å². The summed E-state index contributed by atoms with van der Waals surface area (Å²) < 4.78 is 0. The van der Waals surface area contributed by atoms with Gasteiger partial charge < -0.3 is 5.32 Å². The average molecular weight is 287 g/mol. The molecular weight excluding hydrogens is 270 g/mol. The number of nitrogens with one attached hydrogen (secondary N) is 2. The topological polar surface area (TPSA) is 57.8 Å². The van der Waals surface area contributed by atoms with E-state index in [9.17, 15) is 4.79 Å². The van der Waals surface area contributed by atoms with Crippen LogP contribution in [0.1, 0.15) is 34.6 Å². The molecule has 2 heterocycles. The highest BCUT2D eigenvalue weighted by Crippen LogP contribution is 2.45. The number of H-pyrrole nitrogens is 1. The molecule has 0 bridgehead atoms. The van der Waals surface area contributed by atoms with Gasteiger partial charge in [-0.1, -0.05) is 24.3 Å². The molecule has 0 saturated heterocycles. The summed E-state index contributed by atoms with van der Waals surface area (Å²) in [5.74, 6) is 0.677. The van der Waals surface area contributed by atoms with E-state index in [4.69, 9.17) is 0 Å². The van der Waals surface area contributed by atoms with Crippen LogP contribution in [0.5, 0.6) is 0 Å². The smallest absolute Gasteiger partial charge is 0.238 e. The molecule has 0 spiro atoms. The second-order valence-electron chi connectivity index (χ2n) is 5.12. The van der Waals surface area contributed by atoms with Crippen molar-refractivity contribution in [2.75, 3.05) is 5.32 Å². The molecule has 0 fully saturated rings. The maximum atomic E-state index is 12.1. The first-order chi connectivity index (χ1) is 9.58. The molecule has 0 aliphatic carbocycles. The van der Waals surface area contributed by atoms with Crippen molar-refractivity contribution in [3.63, 3.8) is 0 Å². The molecule has 1 aliphatic rings. The van der Waals surface area contributed by atoms with E-state index in [0.717, 1.165) is 11.3 Å². The number of aromatic amines is 1. The van der Waals surface area contributed by atoms with Crippen molar-refractivity contribution in [1.29, 1.82) is 0 Å². The molecule has 3 rings (SSSR count). The van der Waals surface area contributed by atoms with E-state index in [1.165, 1.54) is 11.1 Å². The molecule has 0 saturated carbocycles. The maximum absolute atomic E-state index is 12.1. The maximum Gasteiger partial charge on any atom is 0.238 e. The Hall–Kier alpha value is -1.75. The summed E-state index contributed by atoms with van der Waals surface area (Å²) in [5.41, 5.74) is 4.57. The first-order valence-corrected chi connectivity index (χ1v) is 7.59. The summed E-state index contributed by atoms with van der Waals surface area (Å²) in [5, 5.41) is 10.2. The molecule has 2 atom stereocenters. The molecule has 2 N–H and O–H groups in total. The lowest BCUT2D eigenvalue weighted by atomic mass is 10.00. The summed E-state index contributed by atoms with van der Waals surface area (Å²) in [6.07, 6.45) is 0. The molecule has 104 valence electrons. The zero-order valence-electron chi connectivity index (χ0n) is 11.7. The number of carbonyl (C=O) groups is 1. The SMILES string of the molecule is Cc1ccccc1[C@@H]1S[C@@H](C)C(=O)Nc2n[nH]c(C)c21. The molecule has 1 aromatic heterocycles. The Morgan fingerprint density at radius 2 is 2.00 bits per heavy atom. The zero-order chi connectivity index (χ0) is 14.3. The first kappa shape index (κ1) is 13.2. The van der Waals surface area contributed by atoms with Crippen LogP contribution in [-0.2, 0) is 4.79 Å². The lowest BCUT2D eigenvalue weighted by molar-refractivity contribution is -0.115. The fourth-order valence-electron chi connectivity index (χ4n) is 2.52. The van der Waals surface area contributed by atoms with E-state index in [-0.39, 0.29) is 16.4 Å². The number of hydrogen-bond donors (Lipinski definition) is 2. The van der Waals surface area contributed by atoms with Crippen LogP contribution in [0, 0.1) is 13.8 Å². The molecule has 0 unspecified atom stereocenters. The average Bonchev–Trinajstić information content (AvgIpc) is 2.71. The fourth-order valence-corrected chi connectivity index (χ4v) is 3.94. The van der Waals surface area contributed by atoms with Crippen molar-refractivity contribution in [2.45, 2.75) is 31.3 Å². The molecule has 20 heavy (non-hydrogen) atoms. The number of rotatable bonds is 1. The van der Waals surface area contributed by atoms with Gasteiger partial charge in [0.05, 0.1) is 10.5 Å². The van der Waals surface area contributed by atoms with Gasteiger partial charge in [-0.15, -0.1) is 11.8 Å². The number of thioether (sulfide) groups is 1. The summed E-state index contributed by atoms with van der Waals surface area (Å²) >= 11 is 1.67. The predicted molar refractivity (Wildman–Crippen MR) is 82.0 cm³/mol. The van der Waals surface area contributed by atoms with Gasteiger partial charge in [0, 0.05) is 11.3 Å². The summed E-state index contributed by atoms with van der Waals surface area (Å²) in [6, 6.07) is 8.32. The van der Waals surface area contributed by atoms with Crippen LogP contribution in [0.3, 0.4) is 0 Å². The predicted octanol–water partition coefficient (Wildman–Crippen LogP) is 3.19. The van der Waals surface area contributed by atoms with Gasteiger partial charge in [-0.2, -0.15) is 5.10 Å². The summed E-state index contributed by atoms with van der Waals surface area (Å²) in [7, 11) is 0. The standard InChI is InChI=1S/C15H17N3OS/c1-8-6-4-5-7-11(8)13-12-9(2)17-18-14(12)16-15(19)10(3)20-13/h4-7,10,13H,1-3H3,(H2,16,17,18,19)/t10-,13-/m0/s1. The minimum absolute atomic E-state index is 0.0128.